The lowest BCUT2D eigenvalue weighted by molar-refractivity contribution is -0.139. The van der Waals surface area contributed by atoms with Gasteiger partial charge in [0.25, 0.3) is 0 Å². The molecule has 0 radical (unpaired) electrons. The monoisotopic (exact) mass is 354 g/mol. The van der Waals surface area contributed by atoms with Gasteiger partial charge in [-0.05, 0) is 18.2 Å². The van der Waals surface area contributed by atoms with Crippen LogP contribution in [-0.2, 0) is 4.79 Å². The van der Waals surface area contributed by atoms with Gasteiger partial charge in [0.2, 0.25) is 5.91 Å². The maximum absolute atomic E-state index is 13.1. The fraction of sp³-hybridized carbons (Fsp3) is 0.381. The Bertz CT molecular complexity index is 720. The number of hydrogen-bond donors (Lipinski definition) is 1. The highest BCUT2D eigenvalue weighted by molar-refractivity contribution is 5.79. The number of benzene rings is 2. The van der Waals surface area contributed by atoms with Crippen molar-refractivity contribution in [2.45, 2.75) is 13.0 Å². The summed E-state index contributed by atoms with van der Waals surface area (Å²) in [5.41, 5.74) is 1.03. The number of piperazine rings is 1. The quantitative estimate of drug-likeness (QED) is 0.867. The number of carbonyl (C=O) groups excluding carboxylic acids is 1. The van der Waals surface area contributed by atoms with Gasteiger partial charge in [0, 0.05) is 25.2 Å². The first-order valence-corrected chi connectivity index (χ1v) is 9.02. The predicted molar refractivity (Wildman–Crippen MR) is 101 cm³/mol. The van der Waals surface area contributed by atoms with Crippen LogP contribution in [0.3, 0.4) is 0 Å². The summed E-state index contributed by atoms with van der Waals surface area (Å²) in [4.78, 5) is 15.0. The summed E-state index contributed by atoms with van der Waals surface area (Å²) in [6.45, 7) is 4.48. The molecule has 0 saturated carbocycles. The molecule has 0 aromatic heterocycles. The summed E-state index contributed by atoms with van der Waals surface area (Å²) in [7, 11) is 1.66. The van der Waals surface area contributed by atoms with Crippen LogP contribution in [-0.4, -0.2) is 44.2 Å². The maximum atomic E-state index is 13.1. The Balaban J connectivity index is 1.71. The van der Waals surface area contributed by atoms with E-state index in [-0.39, 0.29) is 17.9 Å². The van der Waals surface area contributed by atoms with Crippen LogP contribution in [0.4, 0.5) is 0 Å². The molecule has 5 heteroatoms. The molecule has 2 aromatic rings. The van der Waals surface area contributed by atoms with E-state index < -0.39 is 0 Å². The van der Waals surface area contributed by atoms with Gasteiger partial charge in [-0.1, -0.05) is 43.3 Å². The summed E-state index contributed by atoms with van der Waals surface area (Å²) in [6.07, 6.45) is 0. The lowest BCUT2D eigenvalue weighted by Gasteiger charge is -2.38. The van der Waals surface area contributed by atoms with Crippen LogP contribution in [0.25, 0.3) is 0 Å². The first kappa shape index (κ1) is 18.3. The fourth-order valence-electron chi connectivity index (χ4n) is 3.28. The Kier molecular flexibility index (Phi) is 6.12. The highest BCUT2D eigenvalue weighted by Crippen LogP contribution is 2.31. The molecule has 5 nitrogen and oxygen atoms in total. The summed E-state index contributed by atoms with van der Waals surface area (Å²) in [5, 5.41) is 3.39. The minimum absolute atomic E-state index is 0.0356. The van der Waals surface area contributed by atoms with Crippen LogP contribution in [0.1, 0.15) is 18.5 Å². The van der Waals surface area contributed by atoms with Gasteiger partial charge in [0.05, 0.1) is 25.7 Å². The second-order valence-electron chi connectivity index (χ2n) is 6.52. The van der Waals surface area contributed by atoms with Crippen molar-refractivity contribution < 1.29 is 14.3 Å². The van der Waals surface area contributed by atoms with E-state index in [1.54, 1.807) is 7.11 Å². The Hall–Kier alpha value is -2.53. The number of nitrogens with one attached hydrogen (secondary N) is 1. The van der Waals surface area contributed by atoms with Crippen LogP contribution < -0.4 is 14.8 Å². The van der Waals surface area contributed by atoms with E-state index in [0.717, 1.165) is 30.2 Å². The highest BCUT2D eigenvalue weighted by atomic mass is 16.5. The fourth-order valence-corrected chi connectivity index (χ4v) is 3.28. The zero-order valence-corrected chi connectivity index (χ0v) is 15.4. The predicted octanol–water partition coefficient (Wildman–Crippen LogP) is 2.88. The van der Waals surface area contributed by atoms with Crippen molar-refractivity contribution >= 4 is 5.91 Å². The smallest absolute Gasteiger partial charge is 0.229 e. The lowest BCUT2D eigenvalue weighted by atomic mass is 10.00. The molecule has 2 atom stereocenters. The van der Waals surface area contributed by atoms with Gasteiger partial charge in [0.1, 0.15) is 11.5 Å². The van der Waals surface area contributed by atoms with E-state index in [2.05, 4.69) is 5.32 Å². The largest absolute Gasteiger partial charge is 0.496 e. The molecule has 1 saturated heterocycles. The molecule has 1 fully saturated rings. The number of hydrogen-bond acceptors (Lipinski definition) is 4. The van der Waals surface area contributed by atoms with Crippen LogP contribution in [0, 0.1) is 5.92 Å². The average Bonchev–Trinajstić information content (AvgIpc) is 2.72. The normalized spacial score (nSPS) is 18.2. The Morgan fingerprint density at radius 2 is 1.92 bits per heavy atom. The Morgan fingerprint density at radius 1 is 1.19 bits per heavy atom. The second-order valence-corrected chi connectivity index (χ2v) is 6.52. The number of methoxy groups -OCH3 is 1. The Labute approximate surface area is 154 Å². The topological polar surface area (TPSA) is 50.8 Å². The third-order valence-corrected chi connectivity index (χ3v) is 4.69. The number of ether oxygens (including phenoxy) is 2. The lowest BCUT2D eigenvalue weighted by Crippen LogP contribution is -2.50. The van der Waals surface area contributed by atoms with Crippen molar-refractivity contribution in [3.8, 4) is 11.5 Å². The summed E-state index contributed by atoms with van der Waals surface area (Å²) in [5.74, 6) is 1.49. The molecule has 1 amide bonds. The van der Waals surface area contributed by atoms with E-state index in [1.165, 1.54) is 0 Å². The van der Waals surface area contributed by atoms with Gasteiger partial charge in [0.15, 0.2) is 0 Å². The van der Waals surface area contributed by atoms with Gasteiger partial charge >= 0.3 is 0 Å². The van der Waals surface area contributed by atoms with Crippen molar-refractivity contribution in [2.24, 2.45) is 5.92 Å². The standard InChI is InChI=1S/C21H26N2O3/c1-16(15-26-17-8-4-3-5-9-17)21(24)23-13-12-22-14-19(23)18-10-6-7-11-20(18)25-2/h3-11,16,19,22H,12-15H2,1-2H3. The van der Waals surface area contributed by atoms with Gasteiger partial charge in [-0.25, -0.2) is 0 Å². The van der Waals surface area contributed by atoms with Crippen LogP contribution in [0.2, 0.25) is 0 Å². The van der Waals surface area contributed by atoms with Crippen LogP contribution in [0.5, 0.6) is 11.5 Å². The molecular formula is C21H26N2O3. The van der Waals surface area contributed by atoms with Crippen LogP contribution in [0.15, 0.2) is 54.6 Å². The molecule has 2 unspecified atom stereocenters. The number of carbonyl (C=O) groups is 1. The van der Waals surface area contributed by atoms with Crippen molar-refractivity contribution in [2.75, 3.05) is 33.4 Å². The van der Waals surface area contributed by atoms with E-state index >= 15 is 0 Å². The van der Waals surface area contributed by atoms with Gasteiger partial charge in [-0.3, -0.25) is 4.79 Å². The molecule has 0 aliphatic carbocycles. The first-order chi connectivity index (χ1) is 12.7. The molecule has 1 heterocycles. The minimum Gasteiger partial charge on any atom is -0.496 e. The zero-order valence-electron chi connectivity index (χ0n) is 15.4. The molecular weight excluding hydrogens is 328 g/mol. The van der Waals surface area contributed by atoms with Crippen LogP contribution >= 0.6 is 0 Å². The molecule has 138 valence electrons. The third kappa shape index (κ3) is 4.17. The van der Waals surface area contributed by atoms with E-state index in [0.29, 0.717) is 13.2 Å². The number of nitrogens with zero attached hydrogens (tertiary/aromatic N) is 1. The third-order valence-electron chi connectivity index (χ3n) is 4.69. The molecule has 0 spiro atoms. The molecule has 26 heavy (non-hydrogen) atoms. The molecule has 0 bridgehead atoms. The molecule has 1 N–H and O–H groups in total. The van der Waals surface area contributed by atoms with E-state index in [1.807, 2.05) is 66.4 Å². The van der Waals surface area contributed by atoms with Crippen molar-refractivity contribution in [3.05, 3.63) is 60.2 Å². The Morgan fingerprint density at radius 3 is 2.69 bits per heavy atom. The minimum atomic E-state index is -0.217. The molecule has 3 rings (SSSR count). The first-order valence-electron chi connectivity index (χ1n) is 9.02. The highest BCUT2D eigenvalue weighted by Gasteiger charge is 2.32. The van der Waals surface area contributed by atoms with E-state index in [4.69, 9.17) is 9.47 Å². The average molecular weight is 354 g/mol. The van der Waals surface area contributed by atoms with Gasteiger partial charge in [-0.15, -0.1) is 0 Å². The molecule has 2 aromatic carbocycles. The molecule has 1 aliphatic rings. The SMILES string of the molecule is COc1ccccc1C1CNCCN1C(=O)C(C)COc1ccccc1. The van der Waals surface area contributed by atoms with Crippen molar-refractivity contribution in [3.63, 3.8) is 0 Å². The van der Waals surface area contributed by atoms with Gasteiger partial charge in [-0.2, -0.15) is 0 Å². The van der Waals surface area contributed by atoms with E-state index in [9.17, 15) is 4.79 Å². The molecule has 1 aliphatic heterocycles. The number of rotatable bonds is 6. The summed E-state index contributed by atoms with van der Waals surface area (Å²) >= 11 is 0. The summed E-state index contributed by atoms with van der Waals surface area (Å²) < 4.78 is 11.3. The number of amides is 1. The van der Waals surface area contributed by atoms with Gasteiger partial charge < -0.3 is 19.7 Å². The van der Waals surface area contributed by atoms with Crippen molar-refractivity contribution in [1.82, 2.24) is 10.2 Å². The second kappa shape index (κ2) is 8.72. The van der Waals surface area contributed by atoms with Crippen molar-refractivity contribution in [1.29, 1.82) is 0 Å². The zero-order chi connectivity index (χ0) is 18.4. The summed E-state index contributed by atoms with van der Waals surface area (Å²) in [6, 6.07) is 17.5. The maximum Gasteiger partial charge on any atom is 0.229 e. The number of para-hydroxylation sites is 2.